The van der Waals surface area contributed by atoms with E-state index in [9.17, 15) is 4.79 Å². The molecule has 0 aromatic heterocycles. The Morgan fingerprint density at radius 2 is 2.00 bits per heavy atom. The maximum atomic E-state index is 11.4. The van der Waals surface area contributed by atoms with E-state index in [4.69, 9.17) is 10.2 Å². The molecule has 0 spiro atoms. The van der Waals surface area contributed by atoms with Crippen LogP contribution in [-0.2, 0) is 4.79 Å². The van der Waals surface area contributed by atoms with Crippen LogP contribution in [0.2, 0.25) is 0 Å². The summed E-state index contributed by atoms with van der Waals surface area (Å²) in [6.07, 6.45) is 7.12. The molecule has 0 radical (unpaired) electrons. The fourth-order valence-corrected chi connectivity index (χ4v) is 2.20. The molecule has 1 unspecified atom stereocenters. The van der Waals surface area contributed by atoms with Gasteiger partial charge in [0.25, 0.3) is 0 Å². The van der Waals surface area contributed by atoms with Crippen LogP contribution in [-0.4, -0.2) is 35.4 Å². The highest BCUT2D eigenvalue weighted by atomic mass is 16.3. The zero-order valence-electron chi connectivity index (χ0n) is 9.82. The lowest BCUT2D eigenvalue weighted by molar-refractivity contribution is -0.122. The minimum Gasteiger partial charge on any atom is -0.394 e. The first-order chi connectivity index (χ1) is 7.72. The molecule has 4 nitrogen and oxygen atoms in total. The van der Waals surface area contributed by atoms with Crippen molar-refractivity contribution in [2.24, 2.45) is 5.92 Å². The van der Waals surface area contributed by atoms with E-state index in [0.29, 0.717) is 12.3 Å². The zero-order chi connectivity index (χ0) is 11.8. The van der Waals surface area contributed by atoms with Crippen LogP contribution in [0.4, 0.5) is 0 Å². The fraction of sp³-hybridized carbons (Fsp3) is 0.917. The van der Waals surface area contributed by atoms with E-state index in [1.807, 2.05) is 0 Å². The molecule has 1 saturated carbocycles. The average molecular weight is 229 g/mol. The quantitative estimate of drug-likeness (QED) is 0.631. The highest BCUT2D eigenvalue weighted by Gasteiger charge is 2.14. The van der Waals surface area contributed by atoms with E-state index in [0.717, 1.165) is 6.42 Å². The number of carbonyl (C=O) groups excluding carboxylic acids is 1. The van der Waals surface area contributed by atoms with Gasteiger partial charge in [0.05, 0.1) is 12.7 Å². The van der Waals surface area contributed by atoms with E-state index < -0.39 is 6.10 Å². The summed E-state index contributed by atoms with van der Waals surface area (Å²) < 4.78 is 0. The molecule has 16 heavy (non-hydrogen) atoms. The maximum Gasteiger partial charge on any atom is 0.220 e. The van der Waals surface area contributed by atoms with Crippen LogP contribution in [0.3, 0.4) is 0 Å². The Morgan fingerprint density at radius 1 is 1.31 bits per heavy atom. The van der Waals surface area contributed by atoms with Crippen molar-refractivity contribution in [3.05, 3.63) is 0 Å². The molecule has 1 atom stereocenters. The van der Waals surface area contributed by atoms with E-state index >= 15 is 0 Å². The minimum atomic E-state index is -0.835. The molecule has 4 heteroatoms. The predicted molar refractivity (Wildman–Crippen MR) is 61.9 cm³/mol. The summed E-state index contributed by atoms with van der Waals surface area (Å²) >= 11 is 0. The molecule has 1 aliphatic rings. The van der Waals surface area contributed by atoms with Crippen LogP contribution >= 0.6 is 0 Å². The van der Waals surface area contributed by atoms with Crippen molar-refractivity contribution in [2.75, 3.05) is 13.2 Å². The van der Waals surface area contributed by atoms with Gasteiger partial charge in [0.1, 0.15) is 0 Å². The summed E-state index contributed by atoms with van der Waals surface area (Å²) in [7, 11) is 0. The van der Waals surface area contributed by atoms with Gasteiger partial charge in [0.15, 0.2) is 0 Å². The van der Waals surface area contributed by atoms with Gasteiger partial charge in [-0.3, -0.25) is 4.79 Å². The van der Waals surface area contributed by atoms with Crippen LogP contribution < -0.4 is 5.32 Å². The van der Waals surface area contributed by atoms with Crippen molar-refractivity contribution in [1.29, 1.82) is 0 Å². The molecule has 1 aliphatic carbocycles. The SMILES string of the molecule is O=C(CCC1CCCCC1)NCC(O)CO. The Balaban J connectivity index is 2.05. The van der Waals surface area contributed by atoms with Crippen molar-refractivity contribution in [2.45, 2.75) is 51.0 Å². The molecule has 0 saturated heterocycles. The zero-order valence-corrected chi connectivity index (χ0v) is 9.82. The maximum absolute atomic E-state index is 11.4. The van der Waals surface area contributed by atoms with Crippen molar-refractivity contribution in [3.63, 3.8) is 0 Å². The summed E-state index contributed by atoms with van der Waals surface area (Å²) in [4.78, 5) is 11.4. The third-order valence-electron chi connectivity index (χ3n) is 3.25. The van der Waals surface area contributed by atoms with Gasteiger partial charge >= 0.3 is 0 Å². The number of amides is 1. The fourth-order valence-electron chi connectivity index (χ4n) is 2.20. The Hall–Kier alpha value is -0.610. The molecule has 3 N–H and O–H groups in total. The standard InChI is InChI=1S/C12H23NO3/c14-9-11(15)8-13-12(16)7-6-10-4-2-1-3-5-10/h10-11,14-15H,1-9H2,(H,13,16). The van der Waals surface area contributed by atoms with E-state index in [2.05, 4.69) is 5.32 Å². The number of carbonyl (C=O) groups is 1. The summed E-state index contributed by atoms with van der Waals surface area (Å²) in [5.41, 5.74) is 0. The Morgan fingerprint density at radius 3 is 2.62 bits per heavy atom. The van der Waals surface area contributed by atoms with Crippen molar-refractivity contribution in [1.82, 2.24) is 5.32 Å². The van der Waals surface area contributed by atoms with Crippen LogP contribution in [0, 0.1) is 5.92 Å². The van der Waals surface area contributed by atoms with Crippen molar-refractivity contribution >= 4 is 5.91 Å². The number of nitrogens with one attached hydrogen (secondary N) is 1. The minimum absolute atomic E-state index is 0.0157. The lowest BCUT2D eigenvalue weighted by Crippen LogP contribution is -2.34. The molecule has 94 valence electrons. The smallest absolute Gasteiger partial charge is 0.220 e. The monoisotopic (exact) mass is 229 g/mol. The second kappa shape index (κ2) is 7.63. The first kappa shape index (κ1) is 13.5. The van der Waals surface area contributed by atoms with E-state index in [-0.39, 0.29) is 19.1 Å². The number of hydrogen-bond donors (Lipinski definition) is 3. The number of hydrogen-bond acceptors (Lipinski definition) is 3. The van der Waals surface area contributed by atoms with Gasteiger partial charge in [-0.25, -0.2) is 0 Å². The lowest BCUT2D eigenvalue weighted by atomic mass is 9.86. The van der Waals surface area contributed by atoms with Gasteiger partial charge in [-0.05, 0) is 12.3 Å². The van der Waals surface area contributed by atoms with Gasteiger partial charge < -0.3 is 15.5 Å². The number of aliphatic hydroxyl groups excluding tert-OH is 2. The van der Waals surface area contributed by atoms with Crippen LogP contribution in [0.1, 0.15) is 44.9 Å². The molecule has 0 bridgehead atoms. The van der Waals surface area contributed by atoms with Gasteiger partial charge in [-0.2, -0.15) is 0 Å². The summed E-state index contributed by atoms with van der Waals surface area (Å²) in [6.45, 7) is -0.150. The number of aliphatic hydroxyl groups is 2. The van der Waals surface area contributed by atoms with Gasteiger partial charge in [0.2, 0.25) is 5.91 Å². The largest absolute Gasteiger partial charge is 0.394 e. The summed E-state index contributed by atoms with van der Waals surface area (Å²) in [5.74, 6) is 0.695. The molecule has 1 amide bonds. The second-order valence-electron chi connectivity index (χ2n) is 4.68. The highest BCUT2D eigenvalue weighted by molar-refractivity contribution is 5.75. The Labute approximate surface area is 97.0 Å². The Bertz CT molecular complexity index is 202. The molecular formula is C12H23NO3. The molecule has 1 rings (SSSR count). The molecule has 0 aromatic carbocycles. The third kappa shape index (κ3) is 5.47. The molecular weight excluding hydrogens is 206 g/mol. The first-order valence-corrected chi connectivity index (χ1v) is 6.28. The topological polar surface area (TPSA) is 69.6 Å². The predicted octanol–water partition coefficient (Wildman–Crippen LogP) is 0.816. The molecule has 0 aromatic rings. The van der Waals surface area contributed by atoms with Gasteiger partial charge in [-0.1, -0.05) is 32.1 Å². The van der Waals surface area contributed by atoms with Gasteiger partial charge in [-0.15, -0.1) is 0 Å². The first-order valence-electron chi connectivity index (χ1n) is 6.28. The van der Waals surface area contributed by atoms with Crippen LogP contribution in [0.15, 0.2) is 0 Å². The third-order valence-corrected chi connectivity index (χ3v) is 3.25. The molecule has 0 heterocycles. The summed E-state index contributed by atoms with van der Waals surface area (Å²) in [5, 5.41) is 20.3. The second-order valence-corrected chi connectivity index (χ2v) is 4.68. The van der Waals surface area contributed by atoms with Crippen molar-refractivity contribution in [3.8, 4) is 0 Å². The van der Waals surface area contributed by atoms with Crippen LogP contribution in [0.25, 0.3) is 0 Å². The molecule has 0 aliphatic heterocycles. The van der Waals surface area contributed by atoms with E-state index in [1.54, 1.807) is 0 Å². The van der Waals surface area contributed by atoms with Crippen molar-refractivity contribution < 1.29 is 15.0 Å². The number of rotatable bonds is 6. The van der Waals surface area contributed by atoms with Crippen LogP contribution in [0.5, 0.6) is 0 Å². The van der Waals surface area contributed by atoms with Gasteiger partial charge in [0, 0.05) is 13.0 Å². The lowest BCUT2D eigenvalue weighted by Gasteiger charge is -2.21. The summed E-state index contributed by atoms with van der Waals surface area (Å²) in [6, 6.07) is 0. The Kier molecular flexibility index (Phi) is 6.42. The average Bonchev–Trinajstić information content (AvgIpc) is 2.34. The molecule has 1 fully saturated rings. The highest BCUT2D eigenvalue weighted by Crippen LogP contribution is 2.27. The van der Waals surface area contributed by atoms with E-state index in [1.165, 1.54) is 32.1 Å². The normalized spacial score (nSPS) is 19.4.